The van der Waals surface area contributed by atoms with Gasteiger partial charge in [-0.1, -0.05) is 91.9 Å². The predicted molar refractivity (Wildman–Crippen MR) is 239 cm³/mol. The number of hydrogen-bond donors (Lipinski definition) is 11. The molecular formula is C43H78N10O11. The van der Waals surface area contributed by atoms with E-state index in [1.54, 1.807) is 27.7 Å². The minimum atomic E-state index is -1.64. The van der Waals surface area contributed by atoms with E-state index in [0.717, 1.165) is 57.8 Å². The Morgan fingerprint density at radius 3 is 1.75 bits per heavy atom. The molecule has 1 aliphatic rings. The van der Waals surface area contributed by atoms with Gasteiger partial charge in [-0.25, -0.2) is 4.79 Å². The maximum atomic E-state index is 14.0. The highest BCUT2D eigenvalue weighted by molar-refractivity contribution is 5.97. The molecule has 0 aromatic heterocycles. The molecular weight excluding hydrogens is 833 g/mol. The van der Waals surface area contributed by atoms with Crippen molar-refractivity contribution in [1.82, 2.24) is 31.9 Å². The van der Waals surface area contributed by atoms with E-state index in [9.17, 15) is 48.6 Å². The van der Waals surface area contributed by atoms with Gasteiger partial charge in [-0.15, -0.1) is 0 Å². The lowest BCUT2D eigenvalue weighted by atomic mass is 9.95. The third kappa shape index (κ3) is 22.0. The van der Waals surface area contributed by atoms with E-state index in [0.29, 0.717) is 25.8 Å². The quantitative estimate of drug-likeness (QED) is 0.0268. The predicted octanol–water partition coefficient (Wildman–Crippen LogP) is -0.476. The summed E-state index contributed by atoms with van der Waals surface area (Å²) in [5.41, 5.74) is 16.0. The van der Waals surface area contributed by atoms with Crippen molar-refractivity contribution in [1.29, 1.82) is 0 Å². The number of cyclic esters (lactones) is 1. The number of amides is 7. The summed E-state index contributed by atoms with van der Waals surface area (Å²) < 4.78 is 5.57. The Hall–Kier alpha value is -5.05. The van der Waals surface area contributed by atoms with Gasteiger partial charge >= 0.3 is 5.97 Å². The number of aliphatic imine (C=N–C) groups is 1. The van der Waals surface area contributed by atoms with Crippen LogP contribution in [-0.2, 0) is 43.1 Å². The monoisotopic (exact) mass is 911 g/mol. The molecule has 366 valence electrons. The fraction of sp³-hybridized carbons (Fsp3) is 0.791. The Morgan fingerprint density at radius 2 is 1.22 bits per heavy atom. The summed E-state index contributed by atoms with van der Waals surface area (Å²) in [5.74, 6) is -8.06. The van der Waals surface area contributed by atoms with Gasteiger partial charge in [0.1, 0.15) is 42.4 Å². The molecule has 1 rings (SSSR count). The number of hydrogen-bond acceptors (Lipinski definition) is 12. The molecule has 7 amide bonds. The normalized spacial score (nSPS) is 24.5. The number of nitrogens with one attached hydrogen (secondary N) is 6. The molecule has 1 unspecified atom stereocenters. The van der Waals surface area contributed by atoms with Crippen LogP contribution < -0.4 is 49.1 Å². The van der Waals surface area contributed by atoms with Crippen LogP contribution in [0.5, 0.6) is 0 Å². The van der Waals surface area contributed by atoms with Gasteiger partial charge < -0.3 is 64.1 Å². The minimum absolute atomic E-state index is 0.113. The number of guanidine groups is 1. The van der Waals surface area contributed by atoms with Crippen LogP contribution in [-0.4, -0.2) is 125 Å². The summed E-state index contributed by atoms with van der Waals surface area (Å²) in [5, 5.41) is 36.4. The van der Waals surface area contributed by atoms with Crippen molar-refractivity contribution in [2.75, 3.05) is 6.54 Å². The van der Waals surface area contributed by atoms with Gasteiger partial charge in [0.2, 0.25) is 41.4 Å². The van der Waals surface area contributed by atoms with Gasteiger partial charge in [0, 0.05) is 13.0 Å². The fourth-order valence-electron chi connectivity index (χ4n) is 6.97. The van der Waals surface area contributed by atoms with E-state index >= 15 is 0 Å². The summed E-state index contributed by atoms with van der Waals surface area (Å²) >= 11 is 0. The number of aliphatic hydroxyl groups excluding tert-OH is 2. The first kappa shape index (κ1) is 57.0. The third-order valence-electron chi connectivity index (χ3n) is 11.2. The number of ether oxygens (including phenoxy) is 1. The number of aliphatic hydroxyl groups is 2. The highest BCUT2D eigenvalue weighted by Gasteiger charge is 2.39. The maximum Gasteiger partial charge on any atom is 0.328 e. The Kier molecular flexibility index (Phi) is 26.8. The number of primary amides is 1. The highest BCUT2D eigenvalue weighted by atomic mass is 16.5. The van der Waals surface area contributed by atoms with Crippen molar-refractivity contribution in [3.05, 3.63) is 0 Å². The molecule has 1 saturated heterocycles. The Bertz CT molecular complexity index is 1560. The largest absolute Gasteiger partial charge is 0.458 e. The summed E-state index contributed by atoms with van der Waals surface area (Å²) in [7, 11) is 0. The van der Waals surface area contributed by atoms with Crippen molar-refractivity contribution in [2.24, 2.45) is 34.0 Å². The van der Waals surface area contributed by atoms with Crippen LogP contribution in [0.15, 0.2) is 4.99 Å². The average molecular weight is 911 g/mol. The molecule has 1 aliphatic heterocycles. The number of esters is 1. The van der Waals surface area contributed by atoms with Crippen molar-refractivity contribution in [3.8, 4) is 0 Å². The summed E-state index contributed by atoms with van der Waals surface area (Å²) in [6.45, 7) is 11.2. The molecule has 64 heavy (non-hydrogen) atoms. The van der Waals surface area contributed by atoms with Crippen LogP contribution in [0.1, 0.15) is 145 Å². The topological polar surface area (TPSA) is 349 Å². The fourth-order valence-corrected chi connectivity index (χ4v) is 6.97. The second-order valence-corrected chi connectivity index (χ2v) is 17.3. The first-order valence-corrected chi connectivity index (χ1v) is 22.8. The zero-order chi connectivity index (χ0) is 48.5. The zero-order valence-corrected chi connectivity index (χ0v) is 38.9. The van der Waals surface area contributed by atoms with Crippen molar-refractivity contribution >= 4 is 53.3 Å². The molecule has 14 N–H and O–H groups in total. The molecule has 1 heterocycles. The molecule has 0 bridgehead atoms. The number of nitrogens with two attached hydrogens (primary N) is 3. The second kappa shape index (κ2) is 30.2. The van der Waals surface area contributed by atoms with Gasteiger partial charge in [-0.05, 0) is 51.9 Å². The third-order valence-corrected chi connectivity index (χ3v) is 11.2. The molecule has 0 spiro atoms. The Morgan fingerprint density at radius 1 is 0.703 bits per heavy atom. The molecule has 0 saturated carbocycles. The van der Waals surface area contributed by atoms with E-state index < -0.39 is 114 Å². The smallest absolute Gasteiger partial charge is 0.328 e. The molecule has 21 nitrogen and oxygen atoms in total. The van der Waals surface area contributed by atoms with Crippen molar-refractivity contribution in [2.45, 2.75) is 199 Å². The first-order chi connectivity index (χ1) is 30.1. The van der Waals surface area contributed by atoms with Crippen LogP contribution in [0.4, 0.5) is 0 Å². The second-order valence-electron chi connectivity index (χ2n) is 17.3. The summed E-state index contributed by atoms with van der Waals surface area (Å²) in [6.07, 6.45) is 5.81. The van der Waals surface area contributed by atoms with Gasteiger partial charge in [0.25, 0.3) is 0 Å². The molecule has 0 aromatic rings. The van der Waals surface area contributed by atoms with E-state index in [-0.39, 0.29) is 25.2 Å². The molecule has 0 aromatic carbocycles. The standard InChI is InChI=1S/C43H78N10O11/c1-8-25(4)34-39(60)53-35(27(6)54)40(61)49-30(20-21-31(44)56)37(58)48-26(5)42(63)64-28(7)36(41(62)51-33(24(2)3)38(59)52-34)50-32(57)23-29(55)19-17-15-13-11-9-10-12-14-16-18-22-47-43(45)46/h24-30,33-36,54-55H,8-23H2,1-7H3,(H2,44,56)(H,48,58)(H,49,61)(H,50,57)(H,51,62)(H,52,59)(H,53,60)(H4,45,46,47)/t25-,26+,27+,28+,29?,30+,33+,34-,35+,36-/m0/s1. The number of nitrogens with zero attached hydrogens (tertiary/aromatic N) is 1. The molecule has 0 aliphatic carbocycles. The zero-order valence-electron chi connectivity index (χ0n) is 38.9. The van der Waals surface area contributed by atoms with Crippen LogP contribution >= 0.6 is 0 Å². The Balaban J connectivity index is 3.25. The lowest BCUT2D eigenvalue weighted by Gasteiger charge is -2.31. The van der Waals surface area contributed by atoms with Crippen molar-refractivity contribution in [3.63, 3.8) is 0 Å². The number of carbonyl (C=O) groups excluding carboxylic acids is 8. The van der Waals surface area contributed by atoms with E-state index in [4.69, 9.17) is 21.9 Å². The van der Waals surface area contributed by atoms with Crippen LogP contribution in [0.2, 0.25) is 0 Å². The van der Waals surface area contributed by atoms with E-state index in [1.165, 1.54) is 20.8 Å². The number of unbranched alkanes of at least 4 members (excludes halogenated alkanes) is 9. The number of carbonyl (C=O) groups is 8. The van der Waals surface area contributed by atoms with Crippen LogP contribution in [0.25, 0.3) is 0 Å². The Labute approximate surface area is 377 Å². The van der Waals surface area contributed by atoms with E-state index in [2.05, 4.69) is 36.9 Å². The minimum Gasteiger partial charge on any atom is -0.458 e. The molecule has 0 radical (unpaired) electrons. The highest BCUT2D eigenvalue weighted by Crippen LogP contribution is 2.15. The van der Waals surface area contributed by atoms with E-state index in [1.807, 2.05) is 0 Å². The maximum absolute atomic E-state index is 14.0. The summed E-state index contributed by atoms with van der Waals surface area (Å²) in [4.78, 5) is 111. The molecule has 1 fully saturated rings. The average Bonchev–Trinajstić information content (AvgIpc) is 3.21. The summed E-state index contributed by atoms with van der Waals surface area (Å²) in [6, 6.07) is -8.68. The lowest BCUT2D eigenvalue weighted by molar-refractivity contribution is -0.155. The van der Waals surface area contributed by atoms with Gasteiger partial charge in [-0.3, -0.25) is 38.6 Å². The van der Waals surface area contributed by atoms with Gasteiger partial charge in [-0.2, -0.15) is 0 Å². The number of rotatable bonds is 23. The van der Waals surface area contributed by atoms with Crippen LogP contribution in [0, 0.1) is 11.8 Å². The molecule has 10 atom stereocenters. The van der Waals surface area contributed by atoms with Crippen LogP contribution in [0.3, 0.4) is 0 Å². The lowest BCUT2D eigenvalue weighted by Crippen LogP contribution is -2.63. The van der Waals surface area contributed by atoms with Gasteiger partial charge in [0.15, 0.2) is 5.96 Å². The SMILES string of the molecule is CC[C@H](C)[C@@H]1NC(=O)[C@@H](C(C)C)NC(=O)[C@@H](NC(=O)CC(O)CCCCCCCCCCCCN=C(N)N)[C@@H](C)OC(=O)[C@@H](C)NC(=O)[C@@H](CCC(N)=O)NC(=O)[C@@H]([C@@H](C)O)NC1=O. The first-order valence-electron chi connectivity index (χ1n) is 22.8. The van der Waals surface area contributed by atoms with Gasteiger partial charge in [0.05, 0.1) is 18.6 Å². The molecule has 21 heteroatoms. The van der Waals surface area contributed by atoms with Crippen molar-refractivity contribution < 1.29 is 53.3 Å².